The van der Waals surface area contributed by atoms with E-state index in [-0.39, 0.29) is 30.4 Å². The Bertz CT molecular complexity index is 2170. The van der Waals surface area contributed by atoms with Gasteiger partial charge in [0.05, 0.1) is 62.7 Å². The van der Waals surface area contributed by atoms with Crippen LogP contribution in [0, 0.1) is 0 Å². The van der Waals surface area contributed by atoms with Crippen LogP contribution in [0.1, 0.15) is 56.3 Å². The van der Waals surface area contributed by atoms with Crippen LogP contribution in [-0.2, 0) is 35.4 Å². The molecular formula is C41H48N10O7. The molecule has 3 amide bonds. The van der Waals surface area contributed by atoms with Crippen molar-refractivity contribution in [2.45, 2.75) is 69.4 Å². The number of ether oxygens (including phenoxy) is 2. The summed E-state index contributed by atoms with van der Waals surface area (Å²) in [5.74, 6) is 1.03. The number of hydrogen-bond acceptors (Lipinski definition) is 11. The minimum absolute atomic E-state index is 0.163. The van der Waals surface area contributed by atoms with Crippen molar-refractivity contribution in [3.63, 3.8) is 0 Å². The normalized spacial score (nSPS) is 18.3. The Balaban J connectivity index is 0.998. The molecule has 304 valence electrons. The van der Waals surface area contributed by atoms with E-state index in [9.17, 15) is 14.4 Å². The standard InChI is InChI=1S/C41H48N10O7/c1-26(55-2)36(44-25-58-57-4)40(53)51-21-6-9-35(51)38-43-23-32(47-38)30-16-12-28(13-17-30)27-10-14-29(15-11-27)31-22-42-37(46-31)34-8-5-20-50(34)39(52)33(48-41(54)56-3)24-49-19-7-18-45-49/h7,10-19,22-23,25-26,33-36H,5-6,8-9,20-21,24H2,1-4H3,(H,42,46)(H,43,47)(H,48,54)/t26-,33-,34+,35+,36+/m1/s1. The zero-order valence-electron chi connectivity index (χ0n) is 32.9. The lowest BCUT2D eigenvalue weighted by molar-refractivity contribution is -0.188. The number of aromatic nitrogens is 6. The molecule has 2 saturated heterocycles. The number of amides is 3. The fraction of sp³-hybridized carbons (Fsp3) is 0.390. The second-order valence-corrected chi connectivity index (χ2v) is 14.2. The van der Waals surface area contributed by atoms with Crippen LogP contribution in [-0.4, -0.2) is 116 Å². The number of carbonyl (C=O) groups excluding carboxylic acids is 3. The van der Waals surface area contributed by atoms with E-state index in [4.69, 9.17) is 14.4 Å². The highest BCUT2D eigenvalue weighted by molar-refractivity contribution is 5.86. The maximum Gasteiger partial charge on any atom is 0.407 e. The quantitative estimate of drug-likeness (QED) is 0.0556. The van der Waals surface area contributed by atoms with Crippen LogP contribution in [0.3, 0.4) is 0 Å². The molecule has 5 aromatic rings. The first-order chi connectivity index (χ1) is 28.3. The number of nitrogens with one attached hydrogen (secondary N) is 3. The minimum Gasteiger partial charge on any atom is -0.453 e. The van der Waals surface area contributed by atoms with E-state index in [0.717, 1.165) is 71.6 Å². The highest BCUT2D eigenvalue weighted by Gasteiger charge is 2.38. The van der Waals surface area contributed by atoms with Crippen LogP contribution >= 0.6 is 0 Å². The Morgan fingerprint density at radius 1 is 0.845 bits per heavy atom. The Morgan fingerprint density at radius 3 is 1.90 bits per heavy atom. The van der Waals surface area contributed by atoms with Crippen LogP contribution < -0.4 is 5.32 Å². The molecule has 3 aromatic heterocycles. The Kier molecular flexibility index (Phi) is 12.6. The lowest BCUT2D eigenvalue weighted by atomic mass is 10.0. The zero-order valence-corrected chi connectivity index (χ0v) is 32.9. The van der Waals surface area contributed by atoms with E-state index < -0.39 is 24.3 Å². The third-order valence-corrected chi connectivity index (χ3v) is 10.8. The van der Waals surface area contributed by atoms with Crippen molar-refractivity contribution in [3.8, 4) is 33.6 Å². The average Bonchev–Trinajstić information content (AvgIpc) is 4.11. The van der Waals surface area contributed by atoms with Gasteiger partial charge in [0.25, 0.3) is 5.91 Å². The summed E-state index contributed by atoms with van der Waals surface area (Å²) in [6, 6.07) is 16.1. The monoisotopic (exact) mass is 792 g/mol. The van der Waals surface area contributed by atoms with Gasteiger partial charge in [0.15, 0.2) is 6.04 Å². The third kappa shape index (κ3) is 8.79. The number of hydrogen-bond donors (Lipinski definition) is 3. The summed E-state index contributed by atoms with van der Waals surface area (Å²) in [6.45, 7) is 3.11. The largest absolute Gasteiger partial charge is 0.453 e. The van der Waals surface area contributed by atoms with Crippen molar-refractivity contribution in [2.24, 2.45) is 4.99 Å². The molecule has 17 nitrogen and oxygen atoms in total. The maximum absolute atomic E-state index is 13.8. The summed E-state index contributed by atoms with van der Waals surface area (Å²) in [6.07, 6.45) is 10.1. The molecule has 0 spiro atoms. The SMILES string of the molecule is COOC=N[C@H](C(=O)N1CCC[C@H]1c1ncc(-c2ccc(-c3ccc(-c4cnc([C@@H]5CCCN5C(=O)[C@@H](Cn5cccn5)NC(=O)OC)[nH]4)cc3)cc2)[nH]1)[C@@H](C)OC. The van der Waals surface area contributed by atoms with E-state index in [1.807, 2.05) is 12.1 Å². The lowest BCUT2D eigenvalue weighted by Crippen LogP contribution is -2.50. The molecule has 2 aromatic carbocycles. The van der Waals surface area contributed by atoms with Crippen LogP contribution in [0.15, 0.2) is 84.4 Å². The van der Waals surface area contributed by atoms with Gasteiger partial charge in [-0.3, -0.25) is 14.3 Å². The van der Waals surface area contributed by atoms with Gasteiger partial charge in [-0.1, -0.05) is 48.5 Å². The minimum atomic E-state index is -0.853. The highest BCUT2D eigenvalue weighted by atomic mass is 17.2. The van der Waals surface area contributed by atoms with Crippen molar-refractivity contribution in [3.05, 3.63) is 91.0 Å². The zero-order chi connectivity index (χ0) is 40.6. The van der Waals surface area contributed by atoms with E-state index in [1.54, 1.807) is 59.4 Å². The summed E-state index contributed by atoms with van der Waals surface area (Å²) < 4.78 is 11.8. The van der Waals surface area contributed by atoms with Crippen molar-refractivity contribution in [1.82, 2.24) is 44.8 Å². The third-order valence-electron chi connectivity index (χ3n) is 10.8. The second-order valence-electron chi connectivity index (χ2n) is 14.2. The number of rotatable bonds is 15. The molecule has 7 rings (SSSR count). The van der Waals surface area contributed by atoms with Crippen molar-refractivity contribution in [2.75, 3.05) is 34.4 Å². The van der Waals surface area contributed by atoms with E-state index in [2.05, 4.69) is 76.6 Å². The summed E-state index contributed by atoms with van der Waals surface area (Å²) in [5.41, 5.74) is 5.73. The average molecular weight is 793 g/mol. The number of aromatic amines is 2. The van der Waals surface area contributed by atoms with Gasteiger partial charge in [0, 0.05) is 32.6 Å². The molecule has 0 unspecified atom stereocenters. The van der Waals surface area contributed by atoms with Gasteiger partial charge in [0.2, 0.25) is 12.3 Å². The molecule has 5 heterocycles. The first kappa shape index (κ1) is 39.9. The van der Waals surface area contributed by atoms with Gasteiger partial charge in [-0.25, -0.2) is 19.8 Å². The number of nitrogens with zero attached hydrogens (tertiary/aromatic N) is 7. The van der Waals surface area contributed by atoms with E-state index in [1.165, 1.54) is 14.2 Å². The van der Waals surface area contributed by atoms with E-state index in [0.29, 0.717) is 18.9 Å². The number of likely N-dealkylation sites (tertiary alicyclic amines) is 2. The number of aliphatic imine (C=N–C) groups is 1. The molecule has 2 aliphatic heterocycles. The first-order valence-electron chi connectivity index (χ1n) is 19.3. The second kappa shape index (κ2) is 18.3. The highest BCUT2D eigenvalue weighted by Crippen LogP contribution is 2.35. The number of alkyl carbamates (subject to hydrolysis) is 1. The van der Waals surface area contributed by atoms with Crippen LogP contribution in [0.2, 0.25) is 0 Å². The summed E-state index contributed by atoms with van der Waals surface area (Å²) in [5, 5.41) is 6.87. The van der Waals surface area contributed by atoms with E-state index >= 15 is 0 Å². The molecule has 0 bridgehead atoms. The Morgan fingerprint density at radius 2 is 1.40 bits per heavy atom. The van der Waals surface area contributed by atoms with Gasteiger partial charge in [-0.15, -0.1) is 0 Å². The lowest BCUT2D eigenvalue weighted by Gasteiger charge is -2.28. The van der Waals surface area contributed by atoms with Gasteiger partial charge < -0.3 is 39.4 Å². The van der Waals surface area contributed by atoms with Gasteiger partial charge in [-0.2, -0.15) is 9.99 Å². The molecule has 2 fully saturated rings. The predicted molar refractivity (Wildman–Crippen MR) is 213 cm³/mol. The van der Waals surface area contributed by atoms with Gasteiger partial charge in [-0.05, 0) is 60.9 Å². The van der Waals surface area contributed by atoms with Gasteiger partial charge in [0.1, 0.15) is 17.7 Å². The first-order valence-corrected chi connectivity index (χ1v) is 19.3. The topological polar surface area (TPSA) is 194 Å². The van der Waals surface area contributed by atoms with Crippen LogP contribution in [0.25, 0.3) is 33.6 Å². The molecule has 5 atom stereocenters. The molecule has 3 N–H and O–H groups in total. The van der Waals surface area contributed by atoms with Crippen molar-refractivity contribution < 1.29 is 33.6 Å². The number of imidazole rings is 2. The molecular weight excluding hydrogens is 745 g/mol. The van der Waals surface area contributed by atoms with Crippen molar-refractivity contribution >= 4 is 24.3 Å². The molecule has 0 saturated carbocycles. The number of benzene rings is 2. The summed E-state index contributed by atoms with van der Waals surface area (Å²) in [7, 11) is 4.18. The van der Waals surface area contributed by atoms with Crippen LogP contribution in [0.4, 0.5) is 4.79 Å². The van der Waals surface area contributed by atoms with Crippen LogP contribution in [0.5, 0.6) is 0 Å². The number of carbonyl (C=O) groups is 3. The smallest absolute Gasteiger partial charge is 0.407 e. The molecule has 2 aliphatic rings. The fourth-order valence-electron chi connectivity index (χ4n) is 7.62. The number of methoxy groups -OCH3 is 2. The maximum atomic E-state index is 13.8. The van der Waals surface area contributed by atoms with Crippen molar-refractivity contribution in [1.29, 1.82) is 0 Å². The molecule has 0 radical (unpaired) electrons. The predicted octanol–water partition coefficient (Wildman–Crippen LogP) is 5.09. The van der Waals surface area contributed by atoms with Gasteiger partial charge >= 0.3 is 6.09 Å². The molecule has 58 heavy (non-hydrogen) atoms. The molecule has 0 aliphatic carbocycles. The Labute approximate surface area is 335 Å². The fourth-order valence-corrected chi connectivity index (χ4v) is 7.62. The summed E-state index contributed by atoms with van der Waals surface area (Å²) in [4.78, 5) is 73.0. The summed E-state index contributed by atoms with van der Waals surface area (Å²) >= 11 is 0. The molecule has 17 heteroatoms. The Hall–Kier alpha value is -6.33. The number of H-pyrrole nitrogens is 2.